The van der Waals surface area contributed by atoms with E-state index in [9.17, 15) is 9.59 Å². The molecule has 16 heavy (non-hydrogen) atoms. The van der Waals surface area contributed by atoms with Crippen molar-refractivity contribution < 1.29 is 14.3 Å². The van der Waals surface area contributed by atoms with Gasteiger partial charge in [-0.25, -0.2) is 0 Å². The molecule has 4 nitrogen and oxygen atoms in total. The Morgan fingerprint density at radius 1 is 1.56 bits per heavy atom. The third kappa shape index (κ3) is 2.98. The predicted molar refractivity (Wildman–Crippen MR) is 64.5 cm³/mol. The number of rotatable bonds is 4. The van der Waals surface area contributed by atoms with Crippen LogP contribution < -0.4 is 0 Å². The van der Waals surface area contributed by atoms with E-state index in [1.807, 2.05) is 18.9 Å². The third-order valence-corrected chi connectivity index (χ3v) is 3.98. The molecule has 1 fully saturated rings. The highest BCUT2D eigenvalue weighted by Gasteiger charge is 2.35. The van der Waals surface area contributed by atoms with Crippen molar-refractivity contribution in [3.05, 3.63) is 0 Å². The summed E-state index contributed by atoms with van der Waals surface area (Å²) in [5, 5.41) is 0. The van der Waals surface area contributed by atoms with E-state index in [1.54, 1.807) is 11.8 Å². The summed E-state index contributed by atoms with van der Waals surface area (Å²) >= 11 is 1.77. The monoisotopic (exact) mass is 245 g/mol. The number of nitrogens with zero attached hydrogens (tertiary/aromatic N) is 1. The van der Waals surface area contributed by atoms with Crippen LogP contribution in [0.25, 0.3) is 0 Å². The van der Waals surface area contributed by atoms with E-state index in [4.69, 9.17) is 0 Å². The summed E-state index contributed by atoms with van der Waals surface area (Å²) in [6.07, 6.45) is 0.514. The molecule has 1 heterocycles. The quantitative estimate of drug-likeness (QED) is 0.541. The first-order chi connectivity index (χ1) is 7.61. The zero-order valence-electron chi connectivity index (χ0n) is 10.1. The van der Waals surface area contributed by atoms with Crippen LogP contribution in [0.1, 0.15) is 13.3 Å². The molecule has 5 heteroatoms. The van der Waals surface area contributed by atoms with E-state index < -0.39 is 11.9 Å². The number of hydrogen-bond donors (Lipinski definition) is 0. The molecule has 0 radical (unpaired) electrons. The van der Waals surface area contributed by atoms with Crippen LogP contribution >= 0.6 is 11.8 Å². The lowest BCUT2D eigenvalue weighted by Crippen LogP contribution is -2.48. The molecule has 92 valence electrons. The molecular formula is C11H19NO3S. The van der Waals surface area contributed by atoms with Crippen LogP contribution in [0.4, 0.5) is 0 Å². The number of thioether (sulfide) groups is 1. The molecule has 0 spiro atoms. The first-order valence-electron chi connectivity index (χ1n) is 5.51. The molecule has 0 aromatic heterocycles. The summed E-state index contributed by atoms with van der Waals surface area (Å²) < 4.78 is 4.67. The van der Waals surface area contributed by atoms with E-state index in [0.29, 0.717) is 6.42 Å². The average Bonchev–Trinajstić information content (AvgIpc) is 2.30. The van der Waals surface area contributed by atoms with Crippen LogP contribution in [0, 0.1) is 5.92 Å². The molecule has 0 aromatic rings. The van der Waals surface area contributed by atoms with Gasteiger partial charge in [-0.1, -0.05) is 6.92 Å². The van der Waals surface area contributed by atoms with Gasteiger partial charge in [0.05, 0.1) is 13.2 Å². The van der Waals surface area contributed by atoms with Crippen molar-refractivity contribution in [1.82, 2.24) is 4.90 Å². The van der Waals surface area contributed by atoms with E-state index in [-0.39, 0.29) is 11.8 Å². The Morgan fingerprint density at radius 2 is 2.25 bits per heavy atom. The zero-order chi connectivity index (χ0) is 12.1. The SMILES string of the molecule is CCC(C(=O)OC)C(=O)C1CSCCN1C. The fourth-order valence-electron chi connectivity index (χ4n) is 1.84. The van der Waals surface area contributed by atoms with Crippen molar-refractivity contribution in [3.8, 4) is 0 Å². The first kappa shape index (κ1) is 13.5. The molecule has 0 amide bonds. The molecule has 0 saturated carbocycles. The van der Waals surface area contributed by atoms with Crippen molar-refractivity contribution >= 4 is 23.5 Å². The molecule has 1 saturated heterocycles. The van der Waals surface area contributed by atoms with Gasteiger partial charge in [-0.3, -0.25) is 14.5 Å². The van der Waals surface area contributed by atoms with Gasteiger partial charge in [-0.2, -0.15) is 11.8 Å². The summed E-state index contributed by atoms with van der Waals surface area (Å²) in [6.45, 7) is 2.74. The van der Waals surface area contributed by atoms with Crippen molar-refractivity contribution in [2.24, 2.45) is 5.92 Å². The summed E-state index contributed by atoms with van der Waals surface area (Å²) in [6, 6.07) is -0.136. The largest absolute Gasteiger partial charge is 0.468 e. The number of Topliss-reactive ketones (excluding diaryl/α,β-unsaturated/α-hetero) is 1. The topological polar surface area (TPSA) is 46.6 Å². The second-order valence-corrected chi connectivity index (χ2v) is 5.11. The van der Waals surface area contributed by atoms with Crippen molar-refractivity contribution in [1.29, 1.82) is 0 Å². The van der Waals surface area contributed by atoms with E-state index >= 15 is 0 Å². The van der Waals surface area contributed by atoms with Gasteiger partial charge in [0.1, 0.15) is 5.92 Å². The van der Waals surface area contributed by atoms with Crippen LogP contribution in [0.15, 0.2) is 0 Å². The Bertz CT molecular complexity index is 270. The normalized spacial score (nSPS) is 23.8. The second-order valence-electron chi connectivity index (χ2n) is 3.96. The van der Waals surface area contributed by atoms with Crippen LogP contribution in [-0.4, -0.2) is 54.9 Å². The maximum atomic E-state index is 12.2. The molecule has 1 aliphatic heterocycles. The fourth-order valence-corrected chi connectivity index (χ4v) is 3.07. The standard InChI is InChI=1S/C11H19NO3S/c1-4-8(11(14)15-3)10(13)9-7-16-6-5-12(9)2/h8-9H,4-7H2,1-3H3. The average molecular weight is 245 g/mol. The lowest BCUT2D eigenvalue weighted by atomic mass is 9.95. The number of ketones is 1. The number of ether oxygens (including phenoxy) is 1. The Kier molecular flexibility index (Phi) is 5.28. The van der Waals surface area contributed by atoms with Crippen LogP contribution in [0.3, 0.4) is 0 Å². The van der Waals surface area contributed by atoms with E-state index in [0.717, 1.165) is 18.1 Å². The minimum Gasteiger partial charge on any atom is -0.468 e. The Hall–Kier alpha value is -0.550. The molecular weight excluding hydrogens is 226 g/mol. The van der Waals surface area contributed by atoms with Crippen LogP contribution in [-0.2, 0) is 14.3 Å². The van der Waals surface area contributed by atoms with Gasteiger partial charge in [-0.15, -0.1) is 0 Å². The number of hydrogen-bond acceptors (Lipinski definition) is 5. The highest BCUT2D eigenvalue weighted by Crippen LogP contribution is 2.20. The molecule has 2 unspecified atom stereocenters. The van der Waals surface area contributed by atoms with Crippen molar-refractivity contribution in [2.75, 3.05) is 32.2 Å². The summed E-state index contributed by atoms with van der Waals surface area (Å²) in [4.78, 5) is 25.7. The van der Waals surface area contributed by atoms with Gasteiger partial charge in [-0.05, 0) is 13.5 Å². The maximum absolute atomic E-state index is 12.2. The minimum absolute atomic E-state index is 0.00375. The second kappa shape index (κ2) is 6.25. The molecule has 0 aromatic carbocycles. The molecule has 2 atom stereocenters. The summed E-state index contributed by atoms with van der Waals surface area (Å²) in [5.74, 6) is 0.828. The predicted octanol–water partition coefficient (Wildman–Crippen LogP) is 0.802. The molecule has 1 rings (SSSR count). The van der Waals surface area contributed by atoms with Gasteiger partial charge in [0.2, 0.25) is 0 Å². The fraction of sp³-hybridized carbons (Fsp3) is 0.818. The Morgan fingerprint density at radius 3 is 2.75 bits per heavy atom. The zero-order valence-corrected chi connectivity index (χ0v) is 10.9. The number of carbonyl (C=O) groups excluding carboxylic acids is 2. The van der Waals surface area contributed by atoms with Gasteiger partial charge in [0.15, 0.2) is 5.78 Å². The third-order valence-electron chi connectivity index (χ3n) is 2.96. The number of carbonyl (C=O) groups is 2. The summed E-state index contributed by atoms with van der Waals surface area (Å²) in [7, 11) is 3.27. The lowest BCUT2D eigenvalue weighted by Gasteiger charge is -2.32. The van der Waals surface area contributed by atoms with E-state index in [2.05, 4.69) is 4.74 Å². The highest BCUT2D eigenvalue weighted by molar-refractivity contribution is 7.99. The summed E-state index contributed by atoms with van der Waals surface area (Å²) in [5.41, 5.74) is 0. The minimum atomic E-state index is -0.601. The van der Waals surface area contributed by atoms with Crippen LogP contribution in [0.5, 0.6) is 0 Å². The van der Waals surface area contributed by atoms with Crippen LogP contribution in [0.2, 0.25) is 0 Å². The molecule has 0 N–H and O–H groups in total. The van der Waals surface area contributed by atoms with Gasteiger partial charge < -0.3 is 4.74 Å². The van der Waals surface area contributed by atoms with Crippen molar-refractivity contribution in [3.63, 3.8) is 0 Å². The number of methoxy groups -OCH3 is 1. The smallest absolute Gasteiger partial charge is 0.316 e. The Labute approximate surface area is 101 Å². The lowest BCUT2D eigenvalue weighted by molar-refractivity contribution is -0.150. The number of likely N-dealkylation sites (N-methyl/N-ethyl adjacent to an activating group) is 1. The van der Waals surface area contributed by atoms with E-state index in [1.165, 1.54) is 7.11 Å². The highest BCUT2D eigenvalue weighted by atomic mass is 32.2. The number of esters is 1. The molecule has 0 aliphatic carbocycles. The molecule has 0 bridgehead atoms. The van der Waals surface area contributed by atoms with Gasteiger partial charge >= 0.3 is 5.97 Å². The first-order valence-corrected chi connectivity index (χ1v) is 6.66. The molecule has 1 aliphatic rings. The van der Waals surface area contributed by atoms with Gasteiger partial charge in [0.25, 0.3) is 0 Å². The Balaban J connectivity index is 2.69. The maximum Gasteiger partial charge on any atom is 0.316 e. The van der Waals surface area contributed by atoms with Gasteiger partial charge in [0, 0.05) is 18.1 Å². The van der Waals surface area contributed by atoms with Crippen molar-refractivity contribution in [2.45, 2.75) is 19.4 Å².